The van der Waals surface area contributed by atoms with E-state index in [1.165, 1.54) is 27.5 Å². The molecule has 0 bridgehead atoms. The van der Waals surface area contributed by atoms with E-state index in [1.807, 2.05) is 0 Å². The van der Waals surface area contributed by atoms with E-state index in [1.54, 1.807) is 48.0 Å². The Balaban J connectivity index is 2.07. The lowest BCUT2D eigenvalue weighted by Gasteiger charge is -2.14. The van der Waals surface area contributed by atoms with Gasteiger partial charge in [0.05, 0.1) is 37.9 Å². The summed E-state index contributed by atoms with van der Waals surface area (Å²) in [5.41, 5.74) is 0.680. The van der Waals surface area contributed by atoms with E-state index in [-0.39, 0.29) is 11.0 Å². The normalized spacial score (nSPS) is 10.5. The van der Waals surface area contributed by atoms with Crippen LogP contribution in [0.3, 0.4) is 0 Å². The van der Waals surface area contributed by atoms with Gasteiger partial charge in [0.2, 0.25) is 5.43 Å². The Morgan fingerprint density at radius 2 is 1.74 bits per heavy atom. The summed E-state index contributed by atoms with van der Waals surface area (Å²) in [5.74, 6) is 1.05. The van der Waals surface area contributed by atoms with Crippen molar-refractivity contribution in [2.75, 3.05) is 26.6 Å². The molecule has 0 saturated heterocycles. The Morgan fingerprint density at radius 3 is 2.41 bits per heavy atom. The molecule has 7 nitrogen and oxygen atoms in total. The van der Waals surface area contributed by atoms with Gasteiger partial charge in [0.15, 0.2) is 0 Å². The monoisotopic (exact) mass is 368 g/mol. The van der Waals surface area contributed by atoms with Gasteiger partial charge < -0.3 is 24.1 Å². The number of carbonyl (C=O) groups is 1. The van der Waals surface area contributed by atoms with Gasteiger partial charge in [0.25, 0.3) is 5.91 Å². The molecule has 0 aliphatic rings. The molecule has 2 aromatic carbocycles. The fourth-order valence-electron chi connectivity index (χ4n) is 2.96. The number of nitrogens with zero attached hydrogens (tertiary/aromatic N) is 1. The Hall–Kier alpha value is -3.48. The minimum Gasteiger partial charge on any atom is -0.497 e. The second-order valence-electron chi connectivity index (χ2n) is 5.86. The van der Waals surface area contributed by atoms with Crippen LogP contribution in [0.15, 0.2) is 47.4 Å². The quantitative estimate of drug-likeness (QED) is 0.749. The molecule has 140 valence electrons. The van der Waals surface area contributed by atoms with Crippen LogP contribution in [-0.2, 0) is 7.05 Å². The number of carbonyl (C=O) groups excluding carboxylic acids is 1. The van der Waals surface area contributed by atoms with Crippen molar-refractivity contribution in [2.45, 2.75) is 0 Å². The molecule has 0 aliphatic heterocycles. The number of anilines is 1. The third-order valence-corrected chi connectivity index (χ3v) is 4.28. The van der Waals surface area contributed by atoms with E-state index in [9.17, 15) is 9.59 Å². The molecule has 0 spiro atoms. The van der Waals surface area contributed by atoms with Gasteiger partial charge in [-0.1, -0.05) is 6.07 Å². The highest BCUT2D eigenvalue weighted by Gasteiger charge is 2.18. The first-order valence-corrected chi connectivity index (χ1v) is 8.20. The van der Waals surface area contributed by atoms with Crippen LogP contribution in [-0.4, -0.2) is 31.8 Å². The van der Waals surface area contributed by atoms with Crippen molar-refractivity contribution in [1.29, 1.82) is 0 Å². The molecule has 0 fully saturated rings. The van der Waals surface area contributed by atoms with Crippen molar-refractivity contribution in [1.82, 2.24) is 4.57 Å². The number of methoxy groups -OCH3 is 3. The second-order valence-corrected chi connectivity index (χ2v) is 5.86. The van der Waals surface area contributed by atoms with E-state index >= 15 is 0 Å². The molecular formula is C20H20N2O5. The number of ether oxygens (including phenoxy) is 3. The predicted octanol–water partition coefficient (Wildman–Crippen LogP) is 2.82. The first kappa shape index (κ1) is 18.3. The van der Waals surface area contributed by atoms with Gasteiger partial charge >= 0.3 is 0 Å². The highest BCUT2D eigenvalue weighted by atomic mass is 16.5. The molecule has 1 N–H and O–H groups in total. The van der Waals surface area contributed by atoms with Crippen molar-refractivity contribution >= 4 is 22.5 Å². The lowest BCUT2D eigenvalue weighted by molar-refractivity contribution is 0.102. The summed E-state index contributed by atoms with van der Waals surface area (Å²) in [6, 6.07) is 10.2. The highest BCUT2D eigenvalue weighted by Crippen LogP contribution is 2.29. The SMILES string of the molecule is COc1ccc(OC)c(NC(=O)c2cn(C)c3c(OC)cccc3c2=O)c1. The molecule has 0 aliphatic carbocycles. The van der Waals surface area contributed by atoms with E-state index in [0.29, 0.717) is 33.8 Å². The van der Waals surface area contributed by atoms with Crippen LogP contribution in [0, 0.1) is 0 Å². The van der Waals surface area contributed by atoms with E-state index in [4.69, 9.17) is 14.2 Å². The second kappa shape index (κ2) is 7.41. The molecule has 1 aromatic heterocycles. The molecule has 0 radical (unpaired) electrons. The zero-order valence-corrected chi connectivity index (χ0v) is 15.5. The first-order valence-electron chi connectivity index (χ1n) is 8.20. The van der Waals surface area contributed by atoms with Crippen molar-refractivity contribution < 1.29 is 19.0 Å². The van der Waals surface area contributed by atoms with E-state index < -0.39 is 5.91 Å². The standard InChI is InChI=1S/C20H20N2O5/c1-22-11-14(19(23)13-6-5-7-17(27-4)18(13)22)20(24)21-15-10-12(25-2)8-9-16(15)26-3/h5-11H,1-4H3,(H,21,24). The average Bonchev–Trinajstić information content (AvgIpc) is 2.69. The summed E-state index contributed by atoms with van der Waals surface area (Å²) in [5, 5.41) is 3.13. The van der Waals surface area contributed by atoms with Gasteiger partial charge in [0.1, 0.15) is 22.8 Å². The fourth-order valence-corrected chi connectivity index (χ4v) is 2.96. The van der Waals surface area contributed by atoms with Gasteiger partial charge in [-0.3, -0.25) is 9.59 Å². The van der Waals surface area contributed by atoms with E-state index in [0.717, 1.165) is 0 Å². The molecule has 0 saturated carbocycles. The maximum Gasteiger partial charge on any atom is 0.261 e. The van der Waals surface area contributed by atoms with Crippen LogP contribution in [0.1, 0.15) is 10.4 Å². The first-order chi connectivity index (χ1) is 13.0. The Labute approximate surface area is 156 Å². The number of aromatic nitrogens is 1. The number of hydrogen-bond donors (Lipinski definition) is 1. The van der Waals surface area contributed by atoms with Crippen LogP contribution in [0.25, 0.3) is 10.9 Å². The van der Waals surface area contributed by atoms with Crippen molar-refractivity contribution in [2.24, 2.45) is 7.05 Å². The summed E-state index contributed by atoms with van der Waals surface area (Å²) >= 11 is 0. The number of amides is 1. The lowest BCUT2D eigenvalue weighted by atomic mass is 10.1. The predicted molar refractivity (Wildman–Crippen MR) is 103 cm³/mol. The number of hydrogen-bond acceptors (Lipinski definition) is 5. The topological polar surface area (TPSA) is 78.8 Å². The van der Waals surface area contributed by atoms with Crippen molar-refractivity contribution in [3.05, 3.63) is 58.4 Å². The lowest BCUT2D eigenvalue weighted by Crippen LogP contribution is -2.23. The Kier molecular flexibility index (Phi) is 5.03. The van der Waals surface area contributed by atoms with Gasteiger partial charge in [0, 0.05) is 19.3 Å². The third kappa shape index (κ3) is 3.31. The van der Waals surface area contributed by atoms with Crippen molar-refractivity contribution in [3.8, 4) is 17.2 Å². The van der Waals surface area contributed by atoms with Gasteiger partial charge in [-0.2, -0.15) is 0 Å². The number of pyridine rings is 1. The number of aryl methyl sites for hydroxylation is 1. The summed E-state index contributed by atoms with van der Waals surface area (Å²) in [7, 11) is 6.32. The number of para-hydroxylation sites is 1. The van der Waals surface area contributed by atoms with Crippen LogP contribution < -0.4 is 25.0 Å². The smallest absolute Gasteiger partial charge is 0.261 e. The molecule has 0 unspecified atom stereocenters. The summed E-state index contributed by atoms with van der Waals surface area (Å²) < 4.78 is 17.5. The van der Waals surface area contributed by atoms with Gasteiger partial charge in [-0.15, -0.1) is 0 Å². The number of nitrogens with one attached hydrogen (secondary N) is 1. The number of fused-ring (bicyclic) bond motifs is 1. The van der Waals surface area contributed by atoms with Crippen LogP contribution in [0.5, 0.6) is 17.2 Å². The molecule has 0 atom stereocenters. The highest BCUT2D eigenvalue weighted by molar-refractivity contribution is 6.06. The Bertz CT molecular complexity index is 1070. The summed E-state index contributed by atoms with van der Waals surface area (Å²) in [6.45, 7) is 0. The van der Waals surface area contributed by atoms with E-state index in [2.05, 4.69) is 5.32 Å². The third-order valence-electron chi connectivity index (χ3n) is 4.28. The largest absolute Gasteiger partial charge is 0.497 e. The van der Waals surface area contributed by atoms with Crippen LogP contribution >= 0.6 is 0 Å². The number of benzene rings is 2. The molecule has 1 amide bonds. The minimum atomic E-state index is -0.535. The summed E-state index contributed by atoms with van der Waals surface area (Å²) in [4.78, 5) is 25.7. The van der Waals surface area contributed by atoms with Crippen LogP contribution in [0.2, 0.25) is 0 Å². The zero-order chi connectivity index (χ0) is 19.6. The van der Waals surface area contributed by atoms with Crippen molar-refractivity contribution in [3.63, 3.8) is 0 Å². The molecule has 3 aromatic rings. The average molecular weight is 368 g/mol. The van der Waals surface area contributed by atoms with Gasteiger partial charge in [-0.05, 0) is 24.3 Å². The molecule has 7 heteroatoms. The molecule has 1 heterocycles. The molecular weight excluding hydrogens is 348 g/mol. The molecule has 27 heavy (non-hydrogen) atoms. The minimum absolute atomic E-state index is 0.0168. The maximum absolute atomic E-state index is 12.9. The van der Waals surface area contributed by atoms with Crippen LogP contribution in [0.4, 0.5) is 5.69 Å². The Morgan fingerprint density at radius 1 is 1.00 bits per heavy atom. The van der Waals surface area contributed by atoms with Gasteiger partial charge in [-0.25, -0.2) is 0 Å². The molecule has 3 rings (SSSR count). The maximum atomic E-state index is 12.9. The fraction of sp³-hybridized carbons (Fsp3) is 0.200. The zero-order valence-electron chi connectivity index (χ0n) is 15.5. The summed E-state index contributed by atoms with van der Waals surface area (Å²) in [6.07, 6.45) is 1.50. The number of rotatable bonds is 5.